The Balaban J connectivity index is 0.000000214. The highest BCUT2D eigenvalue weighted by Gasteiger charge is 2.32. The lowest BCUT2D eigenvalue weighted by molar-refractivity contribution is -0.757. The number of hydrogen-bond donors (Lipinski definition) is 3. The van der Waals surface area contributed by atoms with Crippen molar-refractivity contribution in [1.29, 1.82) is 0 Å². The third-order valence-corrected chi connectivity index (χ3v) is 16.6. The first-order valence-electron chi connectivity index (χ1n) is 24.5. The fourth-order valence-corrected chi connectivity index (χ4v) is 12.2. The van der Waals surface area contributed by atoms with E-state index in [-0.39, 0.29) is 58.9 Å². The topological polar surface area (TPSA) is 274 Å². The molecule has 2 fully saturated rings. The van der Waals surface area contributed by atoms with Crippen molar-refractivity contribution < 1.29 is 41.3 Å². The van der Waals surface area contributed by atoms with Crippen LogP contribution in [0.15, 0.2) is 68.2 Å². The molecule has 2 saturated heterocycles. The summed E-state index contributed by atoms with van der Waals surface area (Å²) in [5, 5.41) is 18.7. The molecule has 3 N–H and O–H groups in total. The van der Waals surface area contributed by atoms with Gasteiger partial charge in [0, 0.05) is 91.9 Å². The minimum absolute atomic E-state index is 0.0476. The van der Waals surface area contributed by atoms with E-state index in [9.17, 15) is 36.5 Å². The van der Waals surface area contributed by atoms with Crippen molar-refractivity contribution >= 4 is 42.1 Å². The monoisotopic (exact) mass is 1050 g/mol. The van der Waals surface area contributed by atoms with Gasteiger partial charge in [0.05, 0.1) is 51.8 Å². The van der Waals surface area contributed by atoms with E-state index >= 15 is 0 Å². The number of aliphatic hydroxyl groups is 1. The zero-order valence-electron chi connectivity index (χ0n) is 42.1. The first-order valence-corrected chi connectivity index (χ1v) is 27.4. The minimum Gasteiger partial charge on any atom is -0.493 e. The van der Waals surface area contributed by atoms with Crippen molar-refractivity contribution in [2.45, 2.75) is 63.2 Å². The minimum atomic E-state index is -3.86. The number of sulfonamides is 2. The highest BCUT2D eigenvalue weighted by molar-refractivity contribution is 7.89. The number of aromatic nitrogens is 6. The maximum Gasteiger partial charge on any atom is 0.294 e. The largest absolute Gasteiger partial charge is 0.493 e. The molecule has 0 aliphatic carbocycles. The summed E-state index contributed by atoms with van der Waals surface area (Å²) < 4.78 is 71.9. The Hall–Kier alpha value is -6.22. The number of H-pyrrole nitrogens is 2. The predicted molar refractivity (Wildman–Crippen MR) is 274 cm³/mol. The van der Waals surface area contributed by atoms with Crippen LogP contribution in [0.1, 0.15) is 51.7 Å². The Kier molecular flexibility index (Phi) is 17.8. The number of β-amino-alcohol motifs (C(OH)–C–C–N with tert-alkyl or cyclic N) is 1. The third kappa shape index (κ3) is 12.1. The number of benzene rings is 2. The summed E-state index contributed by atoms with van der Waals surface area (Å²) in [6.07, 6.45) is 7.14. The summed E-state index contributed by atoms with van der Waals surface area (Å²) in [6, 6.07) is 9.25. The number of rotatable bonds is 20. The standard InChI is InChI=1S/C24H32N6O7S.C24H33N5O5S/c1-4-6-17-16-27(3)22-21(17)25-23(26-24(22)31)19-15-18(7-8-20(19)36-5-2)38(34,35)29-11-9-28(10-12-29)13-14-37-30(32)33;1-4-6-17-16-27(3)22-21(17)25-23(26-24(22)31)19-15-18(7-8-20(19)34-5-2)35(32,33)29-11-9-28(10-12-29)13-14-30/h7-8,15-16H,4-6,9-14H2,1-3H3,(H,25,26,31);7-8,15-16,30H,4-6,9-14H2,1-3H3,(H,25,26,31). The van der Waals surface area contributed by atoms with Crippen molar-refractivity contribution in [2.24, 2.45) is 14.1 Å². The SMILES string of the molecule is CCCc1cn(C)c2c(=O)[nH]c(-c3cc(S(=O)(=O)N4CCN(CCO)CC4)ccc3OCC)nc12.CCCc1cn(C)c2c(=O)[nH]c(-c3cc(S(=O)(=O)N4CCN(CCO[N+](=O)[O-])CC4)ccc3OCC)nc12. The molecule has 23 nitrogen and oxygen atoms in total. The molecule has 2 aliphatic heterocycles. The smallest absolute Gasteiger partial charge is 0.294 e. The molecule has 0 atom stereocenters. The van der Waals surface area contributed by atoms with E-state index < -0.39 is 25.1 Å². The van der Waals surface area contributed by atoms with Crippen LogP contribution in [0.3, 0.4) is 0 Å². The van der Waals surface area contributed by atoms with Crippen LogP contribution in [0.4, 0.5) is 0 Å². The first-order chi connectivity index (χ1) is 34.9. The molecule has 6 aromatic rings. The predicted octanol–water partition coefficient (Wildman–Crippen LogP) is 3.37. The van der Waals surface area contributed by atoms with Gasteiger partial charge < -0.3 is 38.5 Å². The van der Waals surface area contributed by atoms with Gasteiger partial charge in [-0.2, -0.15) is 8.61 Å². The highest BCUT2D eigenvalue weighted by Crippen LogP contribution is 2.34. The van der Waals surface area contributed by atoms with E-state index in [1.54, 1.807) is 28.3 Å². The second kappa shape index (κ2) is 23.8. The molecule has 0 saturated carbocycles. The Morgan fingerprint density at radius 1 is 0.658 bits per heavy atom. The van der Waals surface area contributed by atoms with Gasteiger partial charge in [0.25, 0.3) is 16.2 Å². The van der Waals surface area contributed by atoms with Gasteiger partial charge in [-0.1, -0.05) is 26.7 Å². The van der Waals surface area contributed by atoms with Crippen LogP contribution >= 0.6 is 0 Å². The molecule has 2 aliphatic rings. The van der Waals surface area contributed by atoms with Gasteiger partial charge in [0.15, 0.2) is 0 Å². The fourth-order valence-electron chi connectivity index (χ4n) is 9.26. The summed E-state index contributed by atoms with van der Waals surface area (Å²) in [5.74, 6) is 1.38. The van der Waals surface area contributed by atoms with Gasteiger partial charge in [-0.25, -0.2) is 26.8 Å². The lowest BCUT2D eigenvalue weighted by Gasteiger charge is -2.33. The van der Waals surface area contributed by atoms with Crippen LogP contribution in [0.25, 0.3) is 44.8 Å². The summed E-state index contributed by atoms with van der Waals surface area (Å²) in [4.78, 5) is 60.0. The van der Waals surface area contributed by atoms with E-state index in [4.69, 9.17) is 24.5 Å². The highest BCUT2D eigenvalue weighted by atomic mass is 32.2. The van der Waals surface area contributed by atoms with Crippen molar-refractivity contribution in [1.82, 2.24) is 47.5 Å². The molecular weight excluding hydrogens is 987 g/mol. The number of fused-ring (bicyclic) bond motifs is 2. The summed E-state index contributed by atoms with van der Waals surface area (Å²) in [6.45, 7) is 12.5. The molecule has 73 heavy (non-hydrogen) atoms. The van der Waals surface area contributed by atoms with Crippen molar-refractivity contribution in [2.75, 3.05) is 91.9 Å². The van der Waals surface area contributed by atoms with Gasteiger partial charge >= 0.3 is 0 Å². The van der Waals surface area contributed by atoms with Crippen LogP contribution in [-0.4, -0.2) is 166 Å². The Morgan fingerprint density at radius 3 is 1.44 bits per heavy atom. The molecule has 2 aromatic carbocycles. The van der Waals surface area contributed by atoms with Crippen LogP contribution < -0.4 is 20.6 Å². The molecule has 0 unspecified atom stereocenters. The van der Waals surface area contributed by atoms with E-state index in [1.165, 1.54) is 32.9 Å². The summed E-state index contributed by atoms with van der Waals surface area (Å²) >= 11 is 0. The molecule has 25 heteroatoms. The lowest BCUT2D eigenvalue weighted by atomic mass is 10.1. The van der Waals surface area contributed by atoms with Gasteiger partial charge in [-0.05, 0) is 74.2 Å². The molecule has 0 amide bonds. The molecule has 0 bridgehead atoms. The molecule has 6 heterocycles. The maximum atomic E-state index is 13.5. The van der Waals surface area contributed by atoms with Crippen LogP contribution in [0.5, 0.6) is 11.5 Å². The summed E-state index contributed by atoms with van der Waals surface area (Å²) in [7, 11) is -4.01. The second-order valence-corrected chi connectivity index (χ2v) is 21.6. The van der Waals surface area contributed by atoms with E-state index in [1.807, 2.05) is 43.1 Å². The molecule has 0 radical (unpaired) electrons. The third-order valence-electron chi connectivity index (χ3n) is 12.8. The number of hydrogen-bond acceptors (Lipinski definition) is 16. The molecular formula is C48H65N11O12S2. The second-order valence-electron chi connectivity index (χ2n) is 17.7. The van der Waals surface area contributed by atoms with E-state index in [0.29, 0.717) is 110 Å². The average Bonchev–Trinajstić information content (AvgIpc) is 3.86. The van der Waals surface area contributed by atoms with Crippen molar-refractivity contribution in [3.8, 4) is 34.3 Å². The zero-order chi connectivity index (χ0) is 52.6. The quantitative estimate of drug-likeness (QED) is 0.0730. The van der Waals surface area contributed by atoms with Gasteiger partial charge in [0.2, 0.25) is 20.0 Å². The van der Waals surface area contributed by atoms with Crippen molar-refractivity contribution in [3.63, 3.8) is 0 Å². The van der Waals surface area contributed by atoms with Crippen molar-refractivity contribution in [3.05, 3.63) is 90.7 Å². The number of piperazine rings is 2. The Bertz CT molecular complexity index is 3260. The van der Waals surface area contributed by atoms with Gasteiger partial charge in [-0.15, -0.1) is 10.1 Å². The lowest BCUT2D eigenvalue weighted by Crippen LogP contribution is -2.49. The number of nitrogens with one attached hydrogen (secondary N) is 2. The molecule has 8 rings (SSSR count). The zero-order valence-corrected chi connectivity index (χ0v) is 43.8. The molecule has 0 spiro atoms. The fraction of sp³-hybridized carbons (Fsp3) is 0.500. The van der Waals surface area contributed by atoms with Gasteiger partial charge in [-0.3, -0.25) is 19.4 Å². The van der Waals surface area contributed by atoms with E-state index in [2.05, 4.69) is 28.7 Å². The maximum absolute atomic E-state index is 13.5. The normalized spacial score (nSPS) is 15.4. The number of ether oxygens (including phenoxy) is 2. The van der Waals surface area contributed by atoms with Crippen LogP contribution in [0, 0.1) is 10.1 Å². The van der Waals surface area contributed by atoms with Gasteiger partial charge in [0.1, 0.15) is 40.8 Å². The first kappa shape index (κ1) is 54.6. The Labute approximate surface area is 423 Å². The number of aliphatic hydroxyl groups excluding tert-OH is 1. The number of aromatic amines is 2. The number of aryl methyl sites for hydroxylation is 4. The molecule has 4 aromatic heterocycles. The Morgan fingerprint density at radius 2 is 1.07 bits per heavy atom. The van der Waals surface area contributed by atoms with E-state index in [0.717, 1.165) is 36.8 Å². The van der Waals surface area contributed by atoms with Crippen LogP contribution in [-0.2, 0) is 51.8 Å². The number of nitrogens with zero attached hydrogens (tertiary/aromatic N) is 9. The summed E-state index contributed by atoms with van der Waals surface area (Å²) in [5.41, 5.74) is 4.27. The molecule has 396 valence electrons. The average molecular weight is 1050 g/mol. The van der Waals surface area contributed by atoms with Crippen LogP contribution in [0.2, 0.25) is 0 Å².